The molecule has 0 saturated heterocycles. The number of thiophene rings is 1. The van der Waals surface area contributed by atoms with Crippen molar-refractivity contribution in [3.8, 4) is 11.5 Å². The number of ether oxygens (including phenoxy) is 2. The highest BCUT2D eigenvalue weighted by molar-refractivity contribution is 7.11. The lowest BCUT2D eigenvalue weighted by Crippen LogP contribution is -2.30. The van der Waals surface area contributed by atoms with E-state index in [1.54, 1.807) is 34.4 Å². The number of nitrogens with one attached hydrogen (secondary N) is 1. The summed E-state index contributed by atoms with van der Waals surface area (Å²) >= 11 is 1.59. The second kappa shape index (κ2) is 8.91. The van der Waals surface area contributed by atoms with Gasteiger partial charge in [0.15, 0.2) is 11.5 Å². The summed E-state index contributed by atoms with van der Waals surface area (Å²) in [4.78, 5) is 35.1. The van der Waals surface area contributed by atoms with Gasteiger partial charge in [0.25, 0.3) is 5.56 Å². The molecule has 0 radical (unpaired) electrons. The topological polar surface area (TPSA) is 84.5 Å². The number of amides is 1. The fourth-order valence-corrected chi connectivity index (χ4v) is 3.74. The smallest absolute Gasteiger partial charge is 0.258 e. The number of hydrogen-bond donors (Lipinski definition) is 1. The molecule has 0 aliphatic rings. The molecule has 152 valence electrons. The lowest BCUT2D eigenvalue weighted by Gasteiger charge is -2.18. The summed E-state index contributed by atoms with van der Waals surface area (Å²) in [7, 11) is 3.03. The third-order valence-electron chi connectivity index (χ3n) is 4.57. The van der Waals surface area contributed by atoms with Crippen molar-refractivity contribution in [2.45, 2.75) is 20.4 Å². The fraction of sp³-hybridized carbons (Fsp3) is 0.286. The van der Waals surface area contributed by atoms with E-state index in [9.17, 15) is 9.59 Å². The van der Waals surface area contributed by atoms with Crippen LogP contribution in [0.25, 0.3) is 17.0 Å². The van der Waals surface area contributed by atoms with E-state index in [4.69, 9.17) is 9.47 Å². The van der Waals surface area contributed by atoms with Crippen molar-refractivity contribution in [3.63, 3.8) is 0 Å². The Morgan fingerprint density at radius 3 is 2.62 bits per heavy atom. The average molecular weight is 413 g/mol. The Morgan fingerprint density at radius 2 is 2.00 bits per heavy atom. The summed E-state index contributed by atoms with van der Waals surface area (Å²) in [5.74, 6) is 1.21. The lowest BCUT2D eigenvalue weighted by molar-refractivity contribution is -0.126. The van der Waals surface area contributed by atoms with Crippen LogP contribution in [0.4, 0.5) is 0 Å². The van der Waals surface area contributed by atoms with Gasteiger partial charge in [-0.2, -0.15) is 0 Å². The quantitative estimate of drug-likeness (QED) is 0.601. The summed E-state index contributed by atoms with van der Waals surface area (Å²) in [6.45, 7) is 4.57. The van der Waals surface area contributed by atoms with E-state index in [0.717, 1.165) is 10.4 Å². The first-order valence-corrected chi connectivity index (χ1v) is 10.0. The van der Waals surface area contributed by atoms with Gasteiger partial charge in [-0.05, 0) is 43.0 Å². The normalized spacial score (nSPS) is 11.2. The van der Waals surface area contributed by atoms with Crippen LogP contribution in [0.15, 0.2) is 34.4 Å². The van der Waals surface area contributed by atoms with Crippen LogP contribution >= 0.6 is 11.3 Å². The Morgan fingerprint density at radius 1 is 1.28 bits per heavy atom. The Labute approximate surface area is 172 Å². The molecule has 0 aliphatic heterocycles. The zero-order valence-corrected chi connectivity index (χ0v) is 17.6. The van der Waals surface area contributed by atoms with Crippen molar-refractivity contribution in [3.05, 3.63) is 56.3 Å². The molecule has 0 atom stereocenters. The molecule has 3 aromatic rings. The molecule has 1 N–H and O–H groups in total. The Hall–Kier alpha value is -3.13. The number of aryl methyl sites for hydroxylation is 1. The first-order chi connectivity index (χ1) is 14.0. The maximum absolute atomic E-state index is 12.6. The maximum atomic E-state index is 12.6. The van der Waals surface area contributed by atoms with E-state index in [1.807, 2.05) is 31.4 Å². The summed E-state index contributed by atoms with van der Waals surface area (Å²) in [5, 5.41) is 2.39. The van der Waals surface area contributed by atoms with E-state index in [0.29, 0.717) is 34.8 Å². The maximum Gasteiger partial charge on any atom is 0.258 e. The highest BCUT2D eigenvalue weighted by atomic mass is 32.1. The molecule has 1 aromatic carbocycles. The van der Waals surface area contributed by atoms with E-state index in [1.165, 1.54) is 14.2 Å². The minimum absolute atomic E-state index is 0.143. The first kappa shape index (κ1) is 20.6. The second-order valence-corrected chi connectivity index (χ2v) is 7.34. The van der Waals surface area contributed by atoms with E-state index < -0.39 is 0 Å². The summed E-state index contributed by atoms with van der Waals surface area (Å²) < 4.78 is 10.5. The number of hydrogen-bond acceptors (Lipinski definition) is 6. The molecule has 0 spiro atoms. The van der Waals surface area contributed by atoms with E-state index in [2.05, 4.69) is 9.97 Å². The monoisotopic (exact) mass is 413 g/mol. The highest BCUT2D eigenvalue weighted by Crippen LogP contribution is 2.30. The number of aromatic nitrogens is 2. The second-order valence-electron chi connectivity index (χ2n) is 6.39. The molecule has 0 saturated carbocycles. The first-order valence-electron chi connectivity index (χ1n) is 9.12. The van der Waals surface area contributed by atoms with Crippen molar-refractivity contribution in [2.75, 3.05) is 20.8 Å². The van der Waals surface area contributed by atoms with Crippen LogP contribution in [-0.2, 0) is 11.3 Å². The number of carbonyl (C=O) groups is 1. The SMILES string of the molecule is CCN(Cc1nc2cc(OC)c(OC)cc2c(=O)[nH]1)C(=O)/C=C/c1sccc1C. The number of carbonyl (C=O) groups excluding carboxylic acids is 1. The Kier molecular flexibility index (Phi) is 6.33. The zero-order valence-electron chi connectivity index (χ0n) is 16.8. The van der Waals surface area contributed by atoms with Gasteiger partial charge in [-0.15, -0.1) is 11.3 Å². The molecular formula is C21H23N3O4S. The van der Waals surface area contributed by atoms with Gasteiger partial charge in [0.1, 0.15) is 5.82 Å². The van der Waals surface area contributed by atoms with Crippen molar-refractivity contribution < 1.29 is 14.3 Å². The number of likely N-dealkylation sites (N-methyl/N-ethyl adjacent to an activating group) is 1. The predicted octanol–water partition coefficient (Wildman–Crippen LogP) is 3.37. The van der Waals surface area contributed by atoms with Gasteiger partial charge in [-0.1, -0.05) is 0 Å². The molecule has 1 amide bonds. The predicted molar refractivity (Wildman–Crippen MR) is 115 cm³/mol. The van der Waals surface area contributed by atoms with Gasteiger partial charge >= 0.3 is 0 Å². The van der Waals surface area contributed by atoms with Gasteiger partial charge in [0.05, 0.1) is 31.7 Å². The molecule has 2 heterocycles. The molecule has 2 aromatic heterocycles. The molecule has 29 heavy (non-hydrogen) atoms. The van der Waals surface area contributed by atoms with Gasteiger partial charge in [-0.3, -0.25) is 9.59 Å². The van der Waals surface area contributed by atoms with Gasteiger partial charge in [-0.25, -0.2) is 4.98 Å². The van der Waals surface area contributed by atoms with Gasteiger partial charge < -0.3 is 19.4 Å². The summed E-state index contributed by atoms with van der Waals surface area (Å²) in [6, 6.07) is 5.27. The Balaban J connectivity index is 1.87. The third kappa shape index (κ3) is 4.48. The number of methoxy groups -OCH3 is 2. The van der Waals surface area contributed by atoms with Crippen LogP contribution in [-0.4, -0.2) is 41.5 Å². The summed E-state index contributed by atoms with van der Waals surface area (Å²) in [6.07, 6.45) is 3.37. The minimum atomic E-state index is -0.292. The molecule has 7 nitrogen and oxygen atoms in total. The highest BCUT2D eigenvalue weighted by Gasteiger charge is 2.14. The number of H-pyrrole nitrogens is 1. The standard InChI is InChI=1S/C21H23N3O4S/c1-5-24(20(25)7-6-18-13(2)8-9-29-18)12-19-22-15-11-17(28-4)16(27-3)10-14(15)21(26)23-19/h6-11H,5,12H2,1-4H3,(H,22,23,26)/b7-6+. The van der Waals surface area contributed by atoms with Crippen LogP contribution in [0.5, 0.6) is 11.5 Å². The number of aromatic amines is 1. The zero-order chi connectivity index (χ0) is 21.0. The number of benzene rings is 1. The largest absolute Gasteiger partial charge is 0.493 e. The van der Waals surface area contributed by atoms with Crippen molar-refractivity contribution >= 4 is 34.2 Å². The molecule has 0 bridgehead atoms. The van der Waals surface area contributed by atoms with E-state index in [-0.39, 0.29) is 18.0 Å². The van der Waals surface area contributed by atoms with Crippen molar-refractivity contribution in [1.82, 2.24) is 14.9 Å². The average Bonchev–Trinajstić information content (AvgIpc) is 3.14. The molecule has 0 unspecified atom stereocenters. The Bertz CT molecular complexity index is 1120. The van der Waals surface area contributed by atoms with Crippen molar-refractivity contribution in [1.29, 1.82) is 0 Å². The van der Waals surface area contributed by atoms with Crippen LogP contribution in [0, 0.1) is 6.92 Å². The van der Waals surface area contributed by atoms with Gasteiger partial charge in [0.2, 0.25) is 5.91 Å². The van der Waals surface area contributed by atoms with Crippen molar-refractivity contribution in [2.24, 2.45) is 0 Å². The van der Waals surface area contributed by atoms with Crippen LogP contribution in [0.3, 0.4) is 0 Å². The molecule has 8 heteroatoms. The molecule has 0 aliphatic carbocycles. The fourth-order valence-electron chi connectivity index (χ4n) is 2.92. The number of rotatable bonds is 7. The van der Waals surface area contributed by atoms with Crippen LogP contribution in [0.1, 0.15) is 23.2 Å². The van der Waals surface area contributed by atoms with Crippen LogP contribution in [0.2, 0.25) is 0 Å². The minimum Gasteiger partial charge on any atom is -0.493 e. The molecular weight excluding hydrogens is 390 g/mol. The lowest BCUT2D eigenvalue weighted by atomic mass is 10.2. The molecule has 0 fully saturated rings. The summed E-state index contributed by atoms with van der Waals surface area (Å²) in [5.41, 5.74) is 1.32. The number of nitrogens with zero attached hydrogens (tertiary/aromatic N) is 2. The van der Waals surface area contributed by atoms with Gasteiger partial charge in [0, 0.05) is 23.6 Å². The number of fused-ring (bicyclic) bond motifs is 1. The van der Waals surface area contributed by atoms with Crippen LogP contribution < -0.4 is 15.0 Å². The third-order valence-corrected chi connectivity index (χ3v) is 5.56. The molecule has 3 rings (SSSR count). The van der Waals surface area contributed by atoms with E-state index >= 15 is 0 Å².